The molecule has 37 heavy (non-hydrogen) atoms. The van der Waals surface area contributed by atoms with Crippen LogP contribution in [0.2, 0.25) is 0 Å². The van der Waals surface area contributed by atoms with Gasteiger partial charge in [-0.2, -0.15) is 0 Å². The summed E-state index contributed by atoms with van der Waals surface area (Å²) in [5.74, 6) is 0.731. The van der Waals surface area contributed by atoms with E-state index in [1.54, 1.807) is 0 Å². The third kappa shape index (κ3) is 7.02. The fourth-order valence-electron chi connectivity index (χ4n) is 6.62. The Kier molecular flexibility index (Phi) is 9.46. The predicted molar refractivity (Wildman–Crippen MR) is 150 cm³/mol. The van der Waals surface area contributed by atoms with Crippen molar-refractivity contribution in [1.29, 1.82) is 5.41 Å². The Balaban J connectivity index is 1.25. The Morgan fingerprint density at radius 3 is 2.57 bits per heavy atom. The molecule has 0 bridgehead atoms. The van der Waals surface area contributed by atoms with E-state index < -0.39 is 6.10 Å². The Labute approximate surface area is 223 Å². The van der Waals surface area contributed by atoms with Crippen molar-refractivity contribution in [2.45, 2.75) is 104 Å². The Bertz CT molecular complexity index is 985. The molecule has 0 spiro atoms. The molecule has 2 unspecified atom stereocenters. The third-order valence-electron chi connectivity index (χ3n) is 8.90. The normalized spacial score (nSPS) is 25.9. The first-order chi connectivity index (χ1) is 17.7. The van der Waals surface area contributed by atoms with Crippen LogP contribution in [0.5, 0.6) is 0 Å². The van der Waals surface area contributed by atoms with Gasteiger partial charge in [-0.25, -0.2) is 0 Å². The Morgan fingerprint density at radius 2 is 1.86 bits per heavy atom. The molecule has 204 valence electrons. The zero-order valence-electron chi connectivity index (χ0n) is 23.3. The van der Waals surface area contributed by atoms with Crippen LogP contribution in [0.3, 0.4) is 0 Å². The first kappa shape index (κ1) is 27.8. The van der Waals surface area contributed by atoms with Gasteiger partial charge in [-0.05, 0) is 114 Å². The molecule has 2 aliphatic heterocycles. The van der Waals surface area contributed by atoms with Crippen LogP contribution in [0.15, 0.2) is 29.5 Å². The van der Waals surface area contributed by atoms with Crippen LogP contribution in [0, 0.1) is 31.1 Å². The van der Waals surface area contributed by atoms with Crippen LogP contribution in [0.1, 0.15) is 82.8 Å². The smallest absolute Gasteiger partial charge is 0.180 e. The number of anilines is 1. The summed E-state index contributed by atoms with van der Waals surface area (Å²) in [6, 6.07) is 6.49. The molecule has 1 aromatic rings. The Hall–Kier alpha value is -2.18. The average molecular weight is 510 g/mol. The third-order valence-corrected chi connectivity index (χ3v) is 8.90. The predicted octanol–water partition coefficient (Wildman–Crippen LogP) is 5.48. The van der Waals surface area contributed by atoms with E-state index in [9.17, 15) is 9.90 Å². The van der Waals surface area contributed by atoms with E-state index in [1.165, 1.54) is 16.8 Å². The Morgan fingerprint density at radius 1 is 1.16 bits per heavy atom. The summed E-state index contributed by atoms with van der Waals surface area (Å²) in [6.07, 6.45) is 7.92. The molecule has 0 radical (unpaired) electrons. The zero-order chi connectivity index (χ0) is 26.5. The number of aliphatic hydroxyl groups excluding tert-OH is 1. The number of carbonyl (C=O) groups is 1. The molecule has 1 aliphatic carbocycles. The highest BCUT2D eigenvalue weighted by atomic mass is 16.5. The number of ketones is 1. The number of aryl methyl sites for hydroxylation is 1. The molecule has 4 rings (SSSR count). The lowest BCUT2D eigenvalue weighted by molar-refractivity contribution is -0.113. The van der Waals surface area contributed by atoms with E-state index in [4.69, 9.17) is 10.1 Å². The highest BCUT2D eigenvalue weighted by molar-refractivity contribution is 6.45. The first-order valence-corrected chi connectivity index (χ1v) is 14.5. The molecule has 0 amide bonds. The van der Waals surface area contributed by atoms with E-state index in [0.717, 1.165) is 75.7 Å². The quantitative estimate of drug-likeness (QED) is 0.364. The number of nitrogens with one attached hydrogen (secondary N) is 2. The van der Waals surface area contributed by atoms with Gasteiger partial charge >= 0.3 is 0 Å². The number of ether oxygens (including phenoxy) is 1. The van der Waals surface area contributed by atoms with Gasteiger partial charge in [0.05, 0.1) is 18.3 Å². The molecule has 6 heteroatoms. The summed E-state index contributed by atoms with van der Waals surface area (Å²) < 4.78 is 5.82. The lowest BCUT2D eigenvalue weighted by atomic mass is 9.87. The van der Waals surface area contributed by atoms with Crippen LogP contribution in [-0.2, 0) is 9.53 Å². The van der Waals surface area contributed by atoms with Crippen molar-refractivity contribution in [3.05, 3.63) is 40.6 Å². The van der Waals surface area contributed by atoms with Crippen molar-refractivity contribution in [2.75, 3.05) is 24.5 Å². The molecule has 0 aromatic heterocycles. The number of carbonyl (C=O) groups excluding carboxylic acids is 1. The molecular weight excluding hydrogens is 462 g/mol. The number of allylic oxidation sites excluding steroid dienone is 2. The molecule has 1 aromatic carbocycles. The SMILES string of the molecule is Cc1cccc(N2CCC(C(O)CNC3=C(C(=N)C(=O)CCC4C[C@@H](C)O[C@@H](C)C4)CCC3)CC2)c1C. The minimum Gasteiger partial charge on any atom is -0.391 e. The number of piperidine rings is 1. The fourth-order valence-corrected chi connectivity index (χ4v) is 6.62. The van der Waals surface area contributed by atoms with Gasteiger partial charge in [-0.3, -0.25) is 10.2 Å². The van der Waals surface area contributed by atoms with Crippen LogP contribution >= 0.6 is 0 Å². The zero-order valence-corrected chi connectivity index (χ0v) is 23.3. The molecule has 3 N–H and O–H groups in total. The van der Waals surface area contributed by atoms with Crippen LogP contribution < -0.4 is 10.2 Å². The van der Waals surface area contributed by atoms with Gasteiger partial charge in [0.25, 0.3) is 0 Å². The minimum atomic E-state index is -0.419. The van der Waals surface area contributed by atoms with Crippen molar-refractivity contribution in [2.24, 2.45) is 11.8 Å². The van der Waals surface area contributed by atoms with E-state index in [1.807, 2.05) is 0 Å². The lowest BCUT2D eigenvalue weighted by Gasteiger charge is -2.36. The van der Waals surface area contributed by atoms with E-state index in [0.29, 0.717) is 18.9 Å². The standard InChI is InChI=1S/C31H47N3O3/c1-20-7-5-10-28(23(20)4)34-15-13-25(14-16-34)30(36)19-33-27-9-6-8-26(27)31(32)29(35)12-11-24-17-21(2)37-22(3)18-24/h5,7,10,21-22,24-25,30,32-33,36H,6,8-9,11-19H2,1-4H3/t21-,22+,24?,30?. The van der Waals surface area contributed by atoms with Gasteiger partial charge in [0.15, 0.2) is 5.78 Å². The molecule has 2 heterocycles. The highest BCUT2D eigenvalue weighted by Crippen LogP contribution is 2.31. The average Bonchev–Trinajstić information content (AvgIpc) is 3.35. The second-order valence-electron chi connectivity index (χ2n) is 11.7. The maximum absolute atomic E-state index is 12.9. The van der Waals surface area contributed by atoms with Crippen molar-refractivity contribution in [1.82, 2.24) is 5.32 Å². The molecule has 2 fully saturated rings. The number of aliphatic hydroxyl groups is 1. The molecular formula is C31H47N3O3. The molecule has 0 saturated carbocycles. The number of rotatable bonds is 10. The van der Waals surface area contributed by atoms with Gasteiger partial charge in [0.1, 0.15) is 5.71 Å². The molecule has 2 saturated heterocycles. The van der Waals surface area contributed by atoms with Gasteiger partial charge < -0.3 is 20.1 Å². The largest absolute Gasteiger partial charge is 0.391 e. The summed E-state index contributed by atoms with van der Waals surface area (Å²) in [7, 11) is 0. The summed E-state index contributed by atoms with van der Waals surface area (Å²) in [5, 5.41) is 23.0. The number of hydrogen-bond acceptors (Lipinski definition) is 6. The topological polar surface area (TPSA) is 85.7 Å². The van der Waals surface area contributed by atoms with Gasteiger partial charge in [-0.1, -0.05) is 12.1 Å². The van der Waals surface area contributed by atoms with Crippen LogP contribution in [-0.4, -0.2) is 54.5 Å². The van der Waals surface area contributed by atoms with E-state index >= 15 is 0 Å². The number of hydrogen-bond donors (Lipinski definition) is 3. The summed E-state index contributed by atoms with van der Waals surface area (Å²) in [4.78, 5) is 15.3. The molecule has 6 nitrogen and oxygen atoms in total. The summed E-state index contributed by atoms with van der Waals surface area (Å²) in [6.45, 7) is 11.0. The summed E-state index contributed by atoms with van der Waals surface area (Å²) >= 11 is 0. The highest BCUT2D eigenvalue weighted by Gasteiger charge is 2.29. The number of benzene rings is 1. The molecule has 3 aliphatic rings. The monoisotopic (exact) mass is 509 g/mol. The van der Waals surface area contributed by atoms with E-state index in [-0.39, 0.29) is 29.6 Å². The van der Waals surface area contributed by atoms with Crippen molar-refractivity contribution < 1.29 is 14.6 Å². The van der Waals surface area contributed by atoms with E-state index in [2.05, 4.69) is 56.1 Å². The summed E-state index contributed by atoms with van der Waals surface area (Å²) in [5.41, 5.74) is 6.04. The van der Waals surface area contributed by atoms with Crippen molar-refractivity contribution in [3.63, 3.8) is 0 Å². The van der Waals surface area contributed by atoms with Gasteiger partial charge in [0.2, 0.25) is 0 Å². The minimum absolute atomic E-state index is 0.0395. The van der Waals surface area contributed by atoms with Crippen molar-refractivity contribution >= 4 is 17.2 Å². The second-order valence-corrected chi connectivity index (χ2v) is 11.7. The van der Waals surface area contributed by atoms with Crippen LogP contribution in [0.4, 0.5) is 5.69 Å². The first-order valence-electron chi connectivity index (χ1n) is 14.5. The molecule has 4 atom stereocenters. The number of Topliss-reactive ketones (excluding diaryl/α,β-unsaturated/α-hetero) is 1. The van der Waals surface area contributed by atoms with Crippen molar-refractivity contribution in [3.8, 4) is 0 Å². The maximum atomic E-state index is 12.9. The fraction of sp³-hybridized carbons (Fsp3) is 0.677. The maximum Gasteiger partial charge on any atom is 0.180 e. The number of nitrogens with zero attached hydrogens (tertiary/aromatic N) is 1. The van der Waals surface area contributed by atoms with Crippen LogP contribution in [0.25, 0.3) is 0 Å². The second kappa shape index (κ2) is 12.6. The van der Waals surface area contributed by atoms with Gasteiger partial charge in [-0.15, -0.1) is 0 Å². The van der Waals surface area contributed by atoms with Gasteiger partial charge in [0, 0.05) is 37.4 Å². The lowest BCUT2D eigenvalue weighted by Crippen LogP contribution is -2.41.